The molecule has 0 bridgehead atoms. The number of hydrogen-bond donors (Lipinski definition) is 0. The lowest BCUT2D eigenvalue weighted by Crippen LogP contribution is -2.44. The van der Waals surface area contributed by atoms with Gasteiger partial charge in [-0.25, -0.2) is 4.39 Å². The van der Waals surface area contributed by atoms with Crippen molar-refractivity contribution < 1.29 is 9.18 Å². The van der Waals surface area contributed by atoms with Crippen LogP contribution in [0.5, 0.6) is 0 Å². The Balaban J connectivity index is 1.51. The van der Waals surface area contributed by atoms with Crippen molar-refractivity contribution in [1.82, 2.24) is 9.80 Å². The van der Waals surface area contributed by atoms with E-state index in [-0.39, 0.29) is 17.5 Å². The molecule has 2 saturated heterocycles. The summed E-state index contributed by atoms with van der Waals surface area (Å²) in [6.07, 6.45) is 4.40. The van der Waals surface area contributed by atoms with Crippen LogP contribution in [-0.2, 0) is 0 Å². The van der Waals surface area contributed by atoms with Crippen LogP contribution in [-0.4, -0.2) is 47.4 Å². The van der Waals surface area contributed by atoms with Crippen LogP contribution in [0.1, 0.15) is 48.5 Å². The van der Waals surface area contributed by atoms with E-state index in [1.165, 1.54) is 30.2 Å². The van der Waals surface area contributed by atoms with Gasteiger partial charge in [0.05, 0.1) is 11.1 Å². The second-order valence-corrected chi connectivity index (χ2v) is 8.70. The van der Waals surface area contributed by atoms with E-state index in [0.29, 0.717) is 23.7 Å². The molecular weight excluding hydrogens is 373 g/mol. The number of likely N-dealkylation sites (tertiary alicyclic amines) is 2. The zero-order valence-corrected chi connectivity index (χ0v) is 16.8. The summed E-state index contributed by atoms with van der Waals surface area (Å²) >= 11 is 1.40. The quantitative estimate of drug-likeness (QED) is 0.762. The van der Waals surface area contributed by atoms with Gasteiger partial charge in [-0.2, -0.15) is 5.26 Å². The molecule has 2 aliphatic heterocycles. The molecule has 146 valence electrons. The lowest BCUT2D eigenvalue weighted by Gasteiger charge is -2.31. The number of benzene rings is 1. The average molecular weight is 398 g/mol. The molecule has 0 saturated carbocycles. The monoisotopic (exact) mass is 397 g/mol. The zero-order valence-electron chi connectivity index (χ0n) is 16.0. The molecule has 3 heterocycles. The van der Waals surface area contributed by atoms with Crippen molar-refractivity contribution in [3.63, 3.8) is 0 Å². The highest BCUT2D eigenvalue weighted by atomic mass is 32.1. The molecule has 2 fully saturated rings. The summed E-state index contributed by atoms with van der Waals surface area (Å²) in [6, 6.07) is 9.34. The zero-order chi connectivity index (χ0) is 19.7. The number of amides is 1. The molecular formula is C22H24FN3OS. The topological polar surface area (TPSA) is 47.3 Å². The molecule has 28 heavy (non-hydrogen) atoms. The first kappa shape index (κ1) is 19.1. The predicted octanol–water partition coefficient (Wildman–Crippen LogP) is 4.51. The molecule has 0 spiro atoms. The van der Waals surface area contributed by atoms with Crippen molar-refractivity contribution in [2.75, 3.05) is 19.6 Å². The van der Waals surface area contributed by atoms with Crippen molar-refractivity contribution >= 4 is 17.2 Å². The van der Waals surface area contributed by atoms with Crippen LogP contribution in [0.4, 0.5) is 4.39 Å². The lowest BCUT2D eigenvalue weighted by molar-refractivity contribution is 0.0692. The van der Waals surface area contributed by atoms with Gasteiger partial charge in [-0.05, 0) is 62.9 Å². The number of nitriles is 1. The van der Waals surface area contributed by atoms with Gasteiger partial charge in [-0.3, -0.25) is 9.69 Å². The van der Waals surface area contributed by atoms with Crippen LogP contribution in [0.2, 0.25) is 0 Å². The van der Waals surface area contributed by atoms with Crippen LogP contribution < -0.4 is 0 Å². The highest BCUT2D eigenvalue weighted by molar-refractivity contribution is 7.13. The third-order valence-electron chi connectivity index (χ3n) is 5.99. The highest BCUT2D eigenvalue weighted by Gasteiger charge is 2.33. The second kappa shape index (κ2) is 8.02. The molecule has 2 atom stereocenters. The van der Waals surface area contributed by atoms with Crippen molar-refractivity contribution in [3.8, 4) is 16.5 Å². The van der Waals surface area contributed by atoms with Gasteiger partial charge < -0.3 is 4.90 Å². The minimum absolute atomic E-state index is 0.141. The Labute approximate surface area is 169 Å². The first-order valence-corrected chi connectivity index (χ1v) is 10.8. The molecule has 4 rings (SSSR count). The molecule has 2 aromatic rings. The number of halogens is 1. The summed E-state index contributed by atoms with van der Waals surface area (Å²) in [6.45, 7) is 4.92. The Bertz CT molecular complexity index is 919. The number of thiophene rings is 1. The predicted molar refractivity (Wildman–Crippen MR) is 109 cm³/mol. The second-order valence-electron chi connectivity index (χ2n) is 7.79. The molecule has 4 nitrogen and oxygen atoms in total. The highest BCUT2D eigenvalue weighted by Crippen LogP contribution is 2.30. The third kappa shape index (κ3) is 3.69. The van der Waals surface area contributed by atoms with Crippen LogP contribution in [0, 0.1) is 17.1 Å². The SMILES string of the molecule is CC1CCCN1CC1CCCN1C(=O)c1ccc(-c2cc(C#N)cs2)cc1F. The minimum Gasteiger partial charge on any atom is -0.334 e. The summed E-state index contributed by atoms with van der Waals surface area (Å²) < 4.78 is 14.8. The van der Waals surface area contributed by atoms with E-state index < -0.39 is 5.82 Å². The largest absolute Gasteiger partial charge is 0.334 e. The van der Waals surface area contributed by atoms with E-state index >= 15 is 0 Å². The lowest BCUT2D eigenvalue weighted by atomic mass is 10.1. The van der Waals surface area contributed by atoms with Crippen molar-refractivity contribution in [1.29, 1.82) is 5.26 Å². The van der Waals surface area contributed by atoms with Gasteiger partial charge in [0.1, 0.15) is 11.9 Å². The van der Waals surface area contributed by atoms with E-state index in [1.54, 1.807) is 23.6 Å². The summed E-state index contributed by atoms with van der Waals surface area (Å²) in [5.74, 6) is -0.697. The van der Waals surface area contributed by atoms with Crippen molar-refractivity contribution in [2.45, 2.75) is 44.7 Å². The Kier molecular flexibility index (Phi) is 5.47. The van der Waals surface area contributed by atoms with Crippen LogP contribution >= 0.6 is 11.3 Å². The van der Waals surface area contributed by atoms with E-state index in [4.69, 9.17) is 5.26 Å². The van der Waals surface area contributed by atoms with Gasteiger partial charge in [-0.15, -0.1) is 11.3 Å². The summed E-state index contributed by atoms with van der Waals surface area (Å²) in [4.78, 5) is 18.2. The van der Waals surface area contributed by atoms with Gasteiger partial charge >= 0.3 is 0 Å². The van der Waals surface area contributed by atoms with Gasteiger partial charge in [-0.1, -0.05) is 6.07 Å². The fourth-order valence-corrected chi connectivity index (χ4v) is 5.20. The van der Waals surface area contributed by atoms with Crippen LogP contribution in [0.15, 0.2) is 29.6 Å². The van der Waals surface area contributed by atoms with E-state index in [9.17, 15) is 9.18 Å². The third-order valence-corrected chi connectivity index (χ3v) is 6.97. The van der Waals surface area contributed by atoms with Gasteiger partial charge in [0.2, 0.25) is 0 Å². The van der Waals surface area contributed by atoms with Crippen molar-refractivity contribution in [3.05, 3.63) is 46.6 Å². The summed E-state index contributed by atoms with van der Waals surface area (Å²) in [5, 5.41) is 10.7. The number of hydrogen-bond acceptors (Lipinski definition) is 4. The maximum Gasteiger partial charge on any atom is 0.257 e. The molecule has 2 aliphatic rings. The summed E-state index contributed by atoms with van der Waals surface area (Å²) in [7, 11) is 0. The van der Waals surface area contributed by atoms with Gasteiger partial charge in [0, 0.05) is 35.4 Å². The van der Waals surface area contributed by atoms with Crippen molar-refractivity contribution in [2.24, 2.45) is 0 Å². The van der Waals surface area contributed by atoms with E-state index in [1.807, 2.05) is 4.90 Å². The van der Waals surface area contributed by atoms with Crippen LogP contribution in [0.25, 0.3) is 10.4 Å². The Hall–Kier alpha value is -2.23. The molecule has 6 heteroatoms. The van der Waals surface area contributed by atoms with Gasteiger partial charge in [0.25, 0.3) is 5.91 Å². The first-order chi connectivity index (χ1) is 13.6. The number of carbonyl (C=O) groups is 1. The molecule has 2 unspecified atom stereocenters. The first-order valence-electron chi connectivity index (χ1n) is 9.90. The maximum atomic E-state index is 14.8. The fraction of sp³-hybridized carbons (Fsp3) is 0.455. The number of nitrogens with zero attached hydrogens (tertiary/aromatic N) is 3. The average Bonchev–Trinajstić information content (AvgIpc) is 3.43. The van der Waals surface area contributed by atoms with E-state index in [2.05, 4.69) is 17.9 Å². The molecule has 1 amide bonds. The normalized spacial score (nSPS) is 22.5. The van der Waals surface area contributed by atoms with Crippen LogP contribution in [0.3, 0.4) is 0 Å². The Morgan fingerprint density at radius 3 is 2.79 bits per heavy atom. The number of rotatable bonds is 4. The summed E-state index contributed by atoms with van der Waals surface area (Å²) in [5.41, 5.74) is 1.41. The Morgan fingerprint density at radius 1 is 1.29 bits per heavy atom. The Morgan fingerprint density at radius 2 is 2.11 bits per heavy atom. The standard InChI is InChI=1S/C22H24FN3OS/c1-15-4-2-8-25(15)13-18-5-3-9-26(18)22(27)19-7-6-17(11-20(19)23)21-10-16(12-24)14-28-21/h6-7,10-11,14-15,18H,2-5,8-9,13H2,1H3. The molecule has 1 aromatic heterocycles. The smallest absolute Gasteiger partial charge is 0.257 e. The van der Waals surface area contributed by atoms with Gasteiger partial charge in [0.15, 0.2) is 0 Å². The molecule has 0 aliphatic carbocycles. The van der Waals surface area contributed by atoms with E-state index in [0.717, 1.165) is 30.8 Å². The fourth-order valence-electron chi connectivity index (χ4n) is 4.37. The maximum absolute atomic E-state index is 14.8. The minimum atomic E-state index is -0.491. The molecule has 1 aromatic carbocycles. The number of carbonyl (C=O) groups excluding carboxylic acids is 1. The molecule has 0 radical (unpaired) electrons. The molecule has 0 N–H and O–H groups in total.